The number of carboxylic acids is 1. The van der Waals surface area contributed by atoms with E-state index >= 15 is 0 Å². The monoisotopic (exact) mass is 272 g/mol. The zero-order valence-electron chi connectivity index (χ0n) is 10.9. The van der Waals surface area contributed by atoms with Gasteiger partial charge in [0, 0.05) is 17.6 Å². The quantitative estimate of drug-likeness (QED) is 0.800. The van der Waals surface area contributed by atoms with Crippen LogP contribution in [0.4, 0.5) is 5.69 Å². The molecule has 0 spiro atoms. The summed E-state index contributed by atoms with van der Waals surface area (Å²) in [7, 11) is 0. The van der Waals surface area contributed by atoms with Crippen molar-refractivity contribution in [3.05, 3.63) is 42.0 Å². The standard InChI is InChI=1S/C15H15NO4/c1-8-4-2-3-5-9(8)16-14(17)12-10-6-7-11(20-10)13(12)15(18)19/h2-7,10-13H,1H3,(H,16,17)(H,18,19)/p-1/t10-,11+,12-,13+/m1/s1. The number of benzene rings is 1. The number of amides is 1. The van der Waals surface area contributed by atoms with Crippen molar-refractivity contribution in [3.8, 4) is 0 Å². The number of aryl methyl sites for hydroxylation is 1. The molecule has 2 heterocycles. The van der Waals surface area contributed by atoms with E-state index in [9.17, 15) is 14.7 Å². The predicted octanol–water partition coefficient (Wildman–Crippen LogP) is 0.253. The van der Waals surface area contributed by atoms with Crippen LogP contribution in [0.15, 0.2) is 36.4 Å². The Kier molecular flexibility index (Phi) is 3.06. The maximum atomic E-state index is 12.4. The molecule has 20 heavy (non-hydrogen) atoms. The van der Waals surface area contributed by atoms with Crippen molar-refractivity contribution in [2.45, 2.75) is 19.1 Å². The van der Waals surface area contributed by atoms with Gasteiger partial charge in [0.1, 0.15) is 0 Å². The van der Waals surface area contributed by atoms with E-state index < -0.39 is 30.0 Å². The normalized spacial score (nSPS) is 30.4. The maximum absolute atomic E-state index is 12.4. The van der Waals surface area contributed by atoms with Gasteiger partial charge >= 0.3 is 0 Å². The summed E-state index contributed by atoms with van der Waals surface area (Å²) in [5, 5.41) is 14.0. The Hall–Kier alpha value is -2.14. The van der Waals surface area contributed by atoms with E-state index in [-0.39, 0.29) is 5.91 Å². The van der Waals surface area contributed by atoms with Gasteiger partial charge in [-0.3, -0.25) is 4.79 Å². The highest BCUT2D eigenvalue weighted by Crippen LogP contribution is 2.39. The molecule has 2 bridgehead atoms. The van der Waals surface area contributed by atoms with E-state index in [0.717, 1.165) is 5.56 Å². The summed E-state index contributed by atoms with van der Waals surface area (Å²) in [4.78, 5) is 23.6. The third kappa shape index (κ3) is 2.00. The van der Waals surface area contributed by atoms with Gasteiger partial charge in [0.15, 0.2) is 0 Å². The molecule has 1 amide bonds. The number of fused-ring (bicyclic) bond motifs is 2. The summed E-state index contributed by atoms with van der Waals surface area (Å²) in [5.41, 5.74) is 1.60. The van der Waals surface area contributed by atoms with Crippen LogP contribution in [0.2, 0.25) is 0 Å². The minimum Gasteiger partial charge on any atom is -0.550 e. The largest absolute Gasteiger partial charge is 0.550 e. The van der Waals surface area contributed by atoms with Gasteiger partial charge in [-0.15, -0.1) is 0 Å². The van der Waals surface area contributed by atoms with Gasteiger partial charge in [-0.2, -0.15) is 0 Å². The molecule has 0 unspecified atom stereocenters. The average Bonchev–Trinajstić information content (AvgIpc) is 3.01. The summed E-state index contributed by atoms with van der Waals surface area (Å²) in [5.74, 6) is -3.25. The molecule has 1 aromatic carbocycles. The van der Waals surface area contributed by atoms with Gasteiger partial charge in [0.05, 0.1) is 18.1 Å². The first-order valence-corrected chi connectivity index (χ1v) is 6.49. The summed E-state index contributed by atoms with van der Waals surface area (Å²) in [6, 6.07) is 7.35. The second kappa shape index (κ2) is 4.76. The van der Waals surface area contributed by atoms with Crippen LogP contribution in [0, 0.1) is 18.8 Å². The lowest BCUT2D eigenvalue weighted by Crippen LogP contribution is -2.45. The Morgan fingerprint density at radius 1 is 1.15 bits per heavy atom. The van der Waals surface area contributed by atoms with Crippen LogP contribution in [0.1, 0.15) is 5.56 Å². The van der Waals surface area contributed by atoms with Crippen molar-refractivity contribution < 1.29 is 19.4 Å². The predicted molar refractivity (Wildman–Crippen MR) is 69.6 cm³/mol. The molecule has 1 N–H and O–H groups in total. The summed E-state index contributed by atoms with van der Waals surface area (Å²) >= 11 is 0. The fraction of sp³-hybridized carbons (Fsp3) is 0.333. The van der Waals surface area contributed by atoms with Crippen molar-refractivity contribution in [1.82, 2.24) is 0 Å². The summed E-state index contributed by atoms with van der Waals surface area (Å²) in [6.45, 7) is 1.88. The lowest BCUT2D eigenvalue weighted by molar-refractivity contribution is -0.313. The lowest BCUT2D eigenvalue weighted by atomic mass is 9.82. The second-order valence-electron chi connectivity index (χ2n) is 5.12. The highest BCUT2D eigenvalue weighted by Gasteiger charge is 2.50. The summed E-state index contributed by atoms with van der Waals surface area (Å²) in [6.07, 6.45) is 2.39. The van der Waals surface area contributed by atoms with Crippen LogP contribution in [-0.4, -0.2) is 24.1 Å². The number of rotatable bonds is 3. The lowest BCUT2D eigenvalue weighted by Gasteiger charge is -2.25. The highest BCUT2D eigenvalue weighted by molar-refractivity contribution is 5.96. The molecule has 5 heteroatoms. The number of carboxylic acid groups (broad SMARTS) is 1. The zero-order valence-corrected chi connectivity index (χ0v) is 10.9. The maximum Gasteiger partial charge on any atom is 0.231 e. The van der Waals surface area contributed by atoms with Crippen LogP contribution >= 0.6 is 0 Å². The van der Waals surface area contributed by atoms with E-state index in [1.807, 2.05) is 25.1 Å². The van der Waals surface area contributed by atoms with E-state index in [1.54, 1.807) is 18.2 Å². The Balaban J connectivity index is 1.82. The Morgan fingerprint density at radius 2 is 1.80 bits per heavy atom. The van der Waals surface area contributed by atoms with Gasteiger partial charge in [-0.25, -0.2) is 0 Å². The van der Waals surface area contributed by atoms with E-state index in [0.29, 0.717) is 5.69 Å². The summed E-state index contributed by atoms with van der Waals surface area (Å²) < 4.78 is 5.46. The SMILES string of the molecule is Cc1ccccc1NC(=O)[C@H]1[C@@H](C(=O)[O-])[C@@H]2C=C[C@H]1O2. The van der Waals surface area contributed by atoms with Crippen molar-refractivity contribution in [2.75, 3.05) is 5.32 Å². The number of nitrogens with one attached hydrogen (secondary N) is 1. The molecule has 2 aliphatic heterocycles. The van der Waals surface area contributed by atoms with Crippen molar-refractivity contribution in [1.29, 1.82) is 0 Å². The van der Waals surface area contributed by atoms with Gasteiger partial charge in [0.2, 0.25) is 5.91 Å². The van der Waals surface area contributed by atoms with Crippen LogP contribution in [0.5, 0.6) is 0 Å². The number of hydrogen-bond donors (Lipinski definition) is 1. The van der Waals surface area contributed by atoms with Gasteiger partial charge in [0.25, 0.3) is 0 Å². The molecule has 1 aromatic rings. The fourth-order valence-corrected chi connectivity index (χ4v) is 2.83. The second-order valence-corrected chi connectivity index (χ2v) is 5.12. The number of hydrogen-bond acceptors (Lipinski definition) is 4. The van der Waals surface area contributed by atoms with Gasteiger partial charge in [-0.1, -0.05) is 30.4 Å². The molecule has 0 radical (unpaired) electrons. The highest BCUT2D eigenvalue weighted by atomic mass is 16.5. The number of carbonyl (C=O) groups excluding carboxylic acids is 2. The number of anilines is 1. The van der Waals surface area contributed by atoms with Crippen LogP contribution in [-0.2, 0) is 14.3 Å². The topological polar surface area (TPSA) is 78.5 Å². The molecular weight excluding hydrogens is 258 g/mol. The van der Waals surface area contributed by atoms with Crippen molar-refractivity contribution >= 4 is 17.6 Å². The minimum absolute atomic E-state index is 0.342. The molecule has 0 aliphatic carbocycles. The molecule has 1 fully saturated rings. The first kappa shape index (κ1) is 12.9. The minimum atomic E-state index is -1.24. The average molecular weight is 272 g/mol. The number of aliphatic carboxylic acids is 1. The molecule has 104 valence electrons. The third-order valence-electron chi connectivity index (χ3n) is 3.88. The molecule has 3 rings (SSSR count). The third-order valence-corrected chi connectivity index (χ3v) is 3.88. The number of carbonyl (C=O) groups is 2. The van der Waals surface area contributed by atoms with Crippen LogP contribution < -0.4 is 10.4 Å². The zero-order chi connectivity index (χ0) is 14.3. The van der Waals surface area contributed by atoms with E-state index in [1.165, 1.54) is 0 Å². The van der Waals surface area contributed by atoms with E-state index in [2.05, 4.69) is 5.32 Å². The Bertz CT molecular complexity index is 595. The Labute approximate surface area is 116 Å². The smallest absolute Gasteiger partial charge is 0.231 e. The fourth-order valence-electron chi connectivity index (χ4n) is 2.83. The van der Waals surface area contributed by atoms with Crippen molar-refractivity contribution in [3.63, 3.8) is 0 Å². The number of ether oxygens (including phenoxy) is 1. The van der Waals surface area contributed by atoms with Gasteiger partial charge < -0.3 is 20.0 Å². The van der Waals surface area contributed by atoms with Gasteiger partial charge in [-0.05, 0) is 18.6 Å². The van der Waals surface area contributed by atoms with Crippen molar-refractivity contribution in [2.24, 2.45) is 11.8 Å². The molecular formula is C15H14NO4-. The number of para-hydroxylation sites is 1. The molecule has 0 aromatic heterocycles. The molecule has 5 nitrogen and oxygen atoms in total. The Morgan fingerprint density at radius 3 is 2.45 bits per heavy atom. The van der Waals surface area contributed by atoms with Crippen LogP contribution in [0.25, 0.3) is 0 Å². The molecule has 0 saturated carbocycles. The van der Waals surface area contributed by atoms with E-state index in [4.69, 9.17) is 4.74 Å². The van der Waals surface area contributed by atoms with Crippen LogP contribution in [0.3, 0.4) is 0 Å². The molecule has 1 saturated heterocycles. The molecule has 2 aliphatic rings. The molecule has 4 atom stereocenters. The first-order chi connectivity index (χ1) is 9.58. The first-order valence-electron chi connectivity index (χ1n) is 6.49.